The van der Waals surface area contributed by atoms with Gasteiger partial charge >= 0.3 is 6.01 Å². The topological polar surface area (TPSA) is 93.5 Å². The molecule has 3 rings (SSSR count). The van der Waals surface area contributed by atoms with Crippen LogP contribution in [0.15, 0.2) is 65.3 Å². The maximum atomic E-state index is 12.2. The molecule has 2 amide bonds. The van der Waals surface area contributed by atoms with Crippen LogP contribution in [0.3, 0.4) is 0 Å². The highest BCUT2D eigenvalue weighted by Gasteiger charge is 2.15. The Bertz CT molecular complexity index is 889. The number of ether oxygens (including phenoxy) is 1. The van der Waals surface area contributed by atoms with E-state index in [4.69, 9.17) is 9.15 Å². The molecule has 0 bridgehead atoms. The largest absolute Gasteiger partial charge is 0.494 e. The quantitative estimate of drug-likeness (QED) is 0.708. The van der Waals surface area contributed by atoms with Crippen molar-refractivity contribution in [1.82, 2.24) is 4.98 Å². The Balaban J connectivity index is 1.61. The lowest BCUT2D eigenvalue weighted by Crippen LogP contribution is -2.14. The van der Waals surface area contributed by atoms with Crippen molar-refractivity contribution in [1.29, 1.82) is 0 Å². The third-order valence-corrected chi connectivity index (χ3v) is 3.42. The maximum absolute atomic E-state index is 12.2. The Hall–Kier alpha value is -3.61. The number of nitrogens with one attached hydrogen (secondary N) is 2. The molecule has 7 nitrogen and oxygen atoms in total. The Morgan fingerprint density at radius 2 is 1.73 bits per heavy atom. The lowest BCUT2D eigenvalue weighted by Gasteiger charge is -2.05. The molecule has 0 spiro atoms. The third kappa shape index (κ3) is 4.27. The van der Waals surface area contributed by atoms with Crippen molar-refractivity contribution in [3.63, 3.8) is 0 Å². The number of benzene rings is 2. The lowest BCUT2D eigenvalue weighted by atomic mass is 10.2. The first-order chi connectivity index (χ1) is 12.7. The molecule has 0 saturated heterocycles. The number of rotatable bonds is 6. The number of carbonyl (C=O) groups is 2. The van der Waals surface area contributed by atoms with E-state index in [-0.39, 0.29) is 17.6 Å². The fraction of sp³-hybridized carbons (Fsp3) is 0.105. The van der Waals surface area contributed by atoms with E-state index in [9.17, 15) is 9.59 Å². The number of amides is 2. The number of aromatic nitrogens is 1. The number of anilines is 2. The lowest BCUT2D eigenvalue weighted by molar-refractivity contribution is 0.101. The van der Waals surface area contributed by atoms with E-state index < -0.39 is 5.91 Å². The minimum Gasteiger partial charge on any atom is -0.494 e. The van der Waals surface area contributed by atoms with Crippen molar-refractivity contribution in [2.75, 3.05) is 17.2 Å². The van der Waals surface area contributed by atoms with E-state index in [1.807, 2.05) is 13.0 Å². The standard InChI is InChI=1S/C19H17N3O4/c1-2-25-15-10-8-14(9-11-15)20-18(24)16-12-26-19(21-16)22-17(23)13-6-4-3-5-7-13/h3-12H,2H2,1H3,(H,20,24)(H,21,22,23). The molecular weight excluding hydrogens is 334 g/mol. The summed E-state index contributed by atoms with van der Waals surface area (Å²) < 4.78 is 10.5. The fourth-order valence-electron chi connectivity index (χ4n) is 2.19. The van der Waals surface area contributed by atoms with Gasteiger partial charge in [0.25, 0.3) is 11.8 Å². The molecule has 0 unspecified atom stereocenters. The summed E-state index contributed by atoms with van der Waals surface area (Å²) in [5.74, 6) is -0.0955. The first-order valence-electron chi connectivity index (χ1n) is 8.02. The highest BCUT2D eigenvalue weighted by Crippen LogP contribution is 2.17. The van der Waals surface area contributed by atoms with Gasteiger partial charge in [-0.15, -0.1) is 0 Å². The van der Waals surface area contributed by atoms with Gasteiger partial charge in [-0.1, -0.05) is 18.2 Å². The Labute approximate surface area is 150 Å². The molecule has 0 saturated carbocycles. The van der Waals surface area contributed by atoms with Crippen LogP contribution in [0.2, 0.25) is 0 Å². The van der Waals surface area contributed by atoms with Crippen molar-refractivity contribution in [3.05, 3.63) is 72.1 Å². The normalized spacial score (nSPS) is 10.2. The summed E-state index contributed by atoms with van der Waals surface area (Å²) in [6.07, 6.45) is 1.19. The van der Waals surface area contributed by atoms with Gasteiger partial charge < -0.3 is 14.5 Å². The van der Waals surface area contributed by atoms with Gasteiger partial charge in [0, 0.05) is 11.3 Å². The summed E-state index contributed by atoms with van der Waals surface area (Å²) in [6, 6.07) is 15.6. The number of carbonyl (C=O) groups excluding carboxylic acids is 2. The van der Waals surface area contributed by atoms with Crippen LogP contribution in [0.4, 0.5) is 11.7 Å². The molecule has 1 aromatic heterocycles. The third-order valence-electron chi connectivity index (χ3n) is 3.42. The number of oxazole rings is 1. The minimum absolute atomic E-state index is 0.0457. The van der Waals surface area contributed by atoms with Gasteiger partial charge in [0.2, 0.25) is 0 Å². The second kappa shape index (κ2) is 7.98. The molecular formula is C19H17N3O4. The van der Waals surface area contributed by atoms with Crippen LogP contribution in [0, 0.1) is 0 Å². The highest BCUT2D eigenvalue weighted by atomic mass is 16.5. The predicted octanol–water partition coefficient (Wildman–Crippen LogP) is 3.58. The van der Waals surface area contributed by atoms with Crippen molar-refractivity contribution < 1.29 is 18.7 Å². The molecule has 0 atom stereocenters. The van der Waals surface area contributed by atoms with E-state index in [1.54, 1.807) is 48.5 Å². The number of hydrogen-bond acceptors (Lipinski definition) is 5. The average molecular weight is 351 g/mol. The maximum Gasteiger partial charge on any atom is 0.302 e. The first kappa shape index (κ1) is 17.2. The molecule has 1 heterocycles. The fourth-order valence-corrected chi connectivity index (χ4v) is 2.19. The monoisotopic (exact) mass is 351 g/mol. The summed E-state index contributed by atoms with van der Waals surface area (Å²) >= 11 is 0. The van der Waals surface area contributed by atoms with Crippen LogP contribution in [-0.2, 0) is 0 Å². The van der Waals surface area contributed by atoms with E-state index in [2.05, 4.69) is 15.6 Å². The summed E-state index contributed by atoms with van der Waals surface area (Å²) in [5.41, 5.74) is 1.12. The van der Waals surface area contributed by atoms with Gasteiger partial charge in [-0.2, -0.15) is 4.98 Å². The van der Waals surface area contributed by atoms with Crippen LogP contribution >= 0.6 is 0 Å². The van der Waals surface area contributed by atoms with Crippen LogP contribution in [0.1, 0.15) is 27.8 Å². The number of nitrogens with zero attached hydrogens (tertiary/aromatic N) is 1. The van der Waals surface area contributed by atoms with Crippen molar-refractivity contribution in [3.8, 4) is 5.75 Å². The first-order valence-corrected chi connectivity index (χ1v) is 8.02. The van der Waals surface area contributed by atoms with Crippen LogP contribution < -0.4 is 15.4 Å². The summed E-state index contributed by atoms with van der Waals surface area (Å²) in [4.78, 5) is 28.2. The zero-order chi connectivity index (χ0) is 18.4. The van der Waals surface area contributed by atoms with E-state index in [0.717, 1.165) is 5.75 Å². The summed E-state index contributed by atoms with van der Waals surface area (Å²) in [7, 11) is 0. The molecule has 0 aliphatic heterocycles. The second-order valence-corrected chi connectivity index (χ2v) is 5.27. The molecule has 2 aromatic carbocycles. The van der Waals surface area contributed by atoms with Crippen LogP contribution in [0.25, 0.3) is 0 Å². The summed E-state index contributed by atoms with van der Waals surface area (Å²) in [6.45, 7) is 2.47. The predicted molar refractivity (Wildman–Crippen MR) is 96.5 cm³/mol. The molecule has 3 aromatic rings. The Morgan fingerprint density at radius 3 is 2.42 bits per heavy atom. The molecule has 0 fully saturated rings. The van der Waals surface area contributed by atoms with Gasteiger partial charge in [0.1, 0.15) is 12.0 Å². The van der Waals surface area contributed by atoms with Crippen LogP contribution in [-0.4, -0.2) is 23.4 Å². The zero-order valence-corrected chi connectivity index (χ0v) is 14.1. The van der Waals surface area contributed by atoms with Gasteiger partial charge in [-0.05, 0) is 43.3 Å². The van der Waals surface area contributed by atoms with E-state index in [1.165, 1.54) is 6.26 Å². The zero-order valence-electron chi connectivity index (χ0n) is 14.1. The molecule has 132 valence electrons. The van der Waals surface area contributed by atoms with Gasteiger partial charge in [-0.25, -0.2) is 0 Å². The average Bonchev–Trinajstić information content (AvgIpc) is 3.13. The Morgan fingerprint density at radius 1 is 1.00 bits per heavy atom. The number of hydrogen-bond donors (Lipinski definition) is 2. The van der Waals surface area contributed by atoms with Gasteiger partial charge in [-0.3, -0.25) is 14.9 Å². The Kier molecular flexibility index (Phi) is 5.28. The van der Waals surface area contributed by atoms with Crippen molar-refractivity contribution in [2.45, 2.75) is 6.92 Å². The van der Waals surface area contributed by atoms with E-state index in [0.29, 0.717) is 17.9 Å². The molecule has 7 heteroatoms. The van der Waals surface area contributed by atoms with Crippen molar-refractivity contribution >= 4 is 23.5 Å². The molecule has 0 radical (unpaired) electrons. The smallest absolute Gasteiger partial charge is 0.302 e. The van der Waals surface area contributed by atoms with Gasteiger partial charge in [0.05, 0.1) is 6.61 Å². The SMILES string of the molecule is CCOc1ccc(NC(=O)c2coc(NC(=O)c3ccccc3)n2)cc1. The second-order valence-electron chi connectivity index (χ2n) is 5.27. The van der Waals surface area contributed by atoms with Gasteiger partial charge in [0.15, 0.2) is 5.69 Å². The molecule has 26 heavy (non-hydrogen) atoms. The molecule has 0 aliphatic carbocycles. The van der Waals surface area contributed by atoms with Crippen LogP contribution in [0.5, 0.6) is 5.75 Å². The molecule has 2 N–H and O–H groups in total. The summed E-state index contributed by atoms with van der Waals surface area (Å²) in [5, 5.41) is 5.20. The highest BCUT2D eigenvalue weighted by molar-refractivity contribution is 6.05. The molecule has 0 aliphatic rings. The van der Waals surface area contributed by atoms with Crippen molar-refractivity contribution in [2.24, 2.45) is 0 Å². The van der Waals surface area contributed by atoms with E-state index >= 15 is 0 Å². The minimum atomic E-state index is -0.446.